The molecule has 1 aliphatic rings. The molecule has 16 heavy (non-hydrogen) atoms. The van der Waals surface area contributed by atoms with Gasteiger partial charge < -0.3 is 4.74 Å². The van der Waals surface area contributed by atoms with Gasteiger partial charge in [-0.25, -0.2) is 0 Å². The summed E-state index contributed by atoms with van der Waals surface area (Å²) in [6.45, 7) is 1.16. The van der Waals surface area contributed by atoms with Crippen LogP contribution in [-0.2, 0) is 9.53 Å². The second-order valence-electron chi connectivity index (χ2n) is 3.58. The molecule has 2 amide bonds. The number of imide groups is 1. The topological polar surface area (TPSA) is 46.6 Å². The van der Waals surface area contributed by atoms with Crippen molar-refractivity contribution >= 4 is 11.8 Å². The lowest BCUT2D eigenvalue weighted by molar-refractivity contribution is -0.127. The number of nitrogens with zero attached hydrogens (tertiary/aromatic N) is 1. The molecule has 0 bridgehead atoms. The lowest BCUT2D eigenvalue weighted by Gasteiger charge is -2.17. The summed E-state index contributed by atoms with van der Waals surface area (Å²) in [6.07, 6.45) is 0.276. The van der Waals surface area contributed by atoms with Gasteiger partial charge in [-0.3, -0.25) is 14.5 Å². The number of ether oxygens (including phenoxy) is 1. The third-order valence-corrected chi connectivity index (χ3v) is 2.49. The molecule has 0 radical (unpaired) electrons. The summed E-state index contributed by atoms with van der Waals surface area (Å²) in [6, 6.07) is 8.82. The van der Waals surface area contributed by atoms with Crippen molar-refractivity contribution in [3.63, 3.8) is 0 Å². The zero-order chi connectivity index (χ0) is 11.4. The van der Waals surface area contributed by atoms with E-state index in [0.717, 1.165) is 0 Å². The molecule has 84 valence electrons. The third kappa shape index (κ3) is 2.28. The number of rotatable bonds is 1. The molecule has 1 saturated heterocycles. The summed E-state index contributed by atoms with van der Waals surface area (Å²) in [5.41, 5.74) is 0.540. The maximum atomic E-state index is 12.0. The van der Waals surface area contributed by atoms with E-state index >= 15 is 0 Å². The van der Waals surface area contributed by atoms with Gasteiger partial charge in [-0.05, 0) is 12.1 Å². The molecule has 1 aromatic carbocycles. The molecule has 4 nitrogen and oxygen atoms in total. The summed E-state index contributed by atoms with van der Waals surface area (Å²) >= 11 is 0. The van der Waals surface area contributed by atoms with Gasteiger partial charge in [0.1, 0.15) is 0 Å². The average Bonchev–Trinajstić information content (AvgIpc) is 2.54. The van der Waals surface area contributed by atoms with Crippen LogP contribution in [-0.4, -0.2) is 36.5 Å². The average molecular weight is 219 g/mol. The second-order valence-corrected chi connectivity index (χ2v) is 3.58. The Kier molecular flexibility index (Phi) is 3.31. The quantitative estimate of drug-likeness (QED) is 0.664. The molecule has 2 rings (SSSR count). The normalized spacial score (nSPS) is 17.0. The van der Waals surface area contributed by atoms with Crippen molar-refractivity contribution < 1.29 is 14.3 Å². The summed E-state index contributed by atoms with van der Waals surface area (Å²) in [7, 11) is 0. The van der Waals surface area contributed by atoms with Crippen LogP contribution < -0.4 is 0 Å². The number of amides is 2. The van der Waals surface area contributed by atoms with E-state index < -0.39 is 0 Å². The maximum Gasteiger partial charge on any atom is 0.260 e. The Bertz CT molecular complexity index is 389. The first-order valence-corrected chi connectivity index (χ1v) is 5.26. The molecule has 0 aliphatic carbocycles. The van der Waals surface area contributed by atoms with Crippen LogP contribution in [0.5, 0.6) is 0 Å². The lowest BCUT2D eigenvalue weighted by atomic mass is 10.2. The van der Waals surface area contributed by atoms with Gasteiger partial charge in [-0.15, -0.1) is 0 Å². The molecule has 1 aromatic rings. The van der Waals surface area contributed by atoms with Crippen LogP contribution in [0.25, 0.3) is 0 Å². The van der Waals surface area contributed by atoms with Gasteiger partial charge in [0.2, 0.25) is 5.91 Å². The molecule has 1 heterocycles. The first kappa shape index (κ1) is 10.8. The number of benzene rings is 1. The Morgan fingerprint density at radius 2 is 1.94 bits per heavy atom. The van der Waals surface area contributed by atoms with Crippen LogP contribution in [0, 0.1) is 0 Å². The maximum absolute atomic E-state index is 12.0. The standard InChI is InChI=1S/C12H13NO3/c14-11-6-8-16-9-7-13(11)12(15)10-4-2-1-3-5-10/h1-5H,6-9H2. The van der Waals surface area contributed by atoms with Gasteiger partial charge >= 0.3 is 0 Å². The molecule has 1 aliphatic heterocycles. The predicted molar refractivity (Wildman–Crippen MR) is 57.9 cm³/mol. The van der Waals surface area contributed by atoms with E-state index in [2.05, 4.69) is 0 Å². The first-order chi connectivity index (χ1) is 7.79. The number of carbonyl (C=O) groups is 2. The SMILES string of the molecule is O=C1CCOCCN1C(=O)c1ccccc1. The van der Waals surface area contributed by atoms with E-state index in [9.17, 15) is 9.59 Å². The molecule has 0 N–H and O–H groups in total. The molecule has 4 heteroatoms. The third-order valence-electron chi connectivity index (χ3n) is 2.49. The van der Waals surface area contributed by atoms with Crippen molar-refractivity contribution in [2.75, 3.05) is 19.8 Å². The van der Waals surface area contributed by atoms with E-state index in [1.807, 2.05) is 6.07 Å². The lowest BCUT2D eigenvalue weighted by Crippen LogP contribution is -2.37. The van der Waals surface area contributed by atoms with Crippen LogP contribution in [0.3, 0.4) is 0 Å². The smallest absolute Gasteiger partial charge is 0.260 e. The van der Waals surface area contributed by atoms with E-state index in [4.69, 9.17) is 4.74 Å². The molecule has 0 atom stereocenters. The zero-order valence-corrected chi connectivity index (χ0v) is 8.89. The summed E-state index contributed by atoms with van der Waals surface area (Å²) in [4.78, 5) is 24.9. The predicted octanol–water partition coefficient (Wildman–Crippen LogP) is 1.08. The Labute approximate surface area is 93.8 Å². The number of hydrogen-bond acceptors (Lipinski definition) is 3. The van der Waals surface area contributed by atoms with Crippen molar-refractivity contribution in [2.24, 2.45) is 0 Å². The van der Waals surface area contributed by atoms with E-state index in [-0.39, 0.29) is 18.2 Å². The van der Waals surface area contributed by atoms with Crippen LogP contribution in [0.2, 0.25) is 0 Å². The number of carbonyl (C=O) groups excluding carboxylic acids is 2. The van der Waals surface area contributed by atoms with Gasteiger partial charge in [0.15, 0.2) is 0 Å². The summed E-state index contributed by atoms with van der Waals surface area (Å²) < 4.78 is 5.17. The van der Waals surface area contributed by atoms with E-state index in [1.165, 1.54) is 4.90 Å². The minimum Gasteiger partial charge on any atom is -0.379 e. The van der Waals surface area contributed by atoms with Crippen LogP contribution in [0.15, 0.2) is 30.3 Å². The summed E-state index contributed by atoms with van der Waals surface area (Å²) in [5, 5.41) is 0. The van der Waals surface area contributed by atoms with Gasteiger partial charge in [0.25, 0.3) is 5.91 Å². The van der Waals surface area contributed by atoms with E-state index in [0.29, 0.717) is 25.3 Å². The fourth-order valence-electron chi connectivity index (χ4n) is 1.63. The Morgan fingerprint density at radius 3 is 2.69 bits per heavy atom. The van der Waals surface area contributed by atoms with Gasteiger partial charge in [-0.1, -0.05) is 18.2 Å². The van der Waals surface area contributed by atoms with Crippen molar-refractivity contribution in [3.8, 4) is 0 Å². The van der Waals surface area contributed by atoms with Crippen LogP contribution >= 0.6 is 0 Å². The molecule has 1 fully saturated rings. The van der Waals surface area contributed by atoms with Gasteiger partial charge in [0, 0.05) is 5.56 Å². The molecule has 0 unspecified atom stereocenters. The fourth-order valence-corrected chi connectivity index (χ4v) is 1.63. The van der Waals surface area contributed by atoms with E-state index in [1.54, 1.807) is 24.3 Å². The highest BCUT2D eigenvalue weighted by Gasteiger charge is 2.23. The Balaban J connectivity index is 2.17. The second kappa shape index (κ2) is 4.90. The van der Waals surface area contributed by atoms with Gasteiger partial charge in [-0.2, -0.15) is 0 Å². The highest BCUT2D eigenvalue weighted by molar-refractivity contribution is 6.04. The monoisotopic (exact) mass is 219 g/mol. The minimum atomic E-state index is -0.240. The van der Waals surface area contributed by atoms with Crippen molar-refractivity contribution in [1.82, 2.24) is 4.90 Å². The molecule has 0 saturated carbocycles. The molecular weight excluding hydrogens is 206 g/mol. The number of hydrogen-bond donors (Lipinski definition) is 0. The van der Waals surface area contributed by atoms with Crippen molar-refractivity contribution in [3.05, 3.63) is 35.9 Å². The minimum absolute atomic E-state index is 0.161. The molecule has 0 spiro atoms. The zero-order valence-electron chi connectivity index (χ0n) is 8.89. The molecular formula is C12H13NO3. The highest BCUT2D eigenvalue weighted by Crippen LogP contribution is 2.08. The van der Waals surface area contributed by atoms with Crippen LogP contribution in [0.4, 0.5) is 0 Å². The Hall–Kier alpha value is -1.68. The first-order valence-electron chi connectivity index (χ1n) is 5.26. The largest absolute Gasteiger partial charge is 0.379 e. The Morgan fingerprint density at radius 1 is 1.19 bits per heavy atom. The van der Waals surface area contributed by atoms with Crippen molar-refractivity contribution in [2.45, 2.75) is 6.42 Å². The fraction of sp³-hybridized carbons (Fsp3) is 0.333. The molecule has 0 aromatic heterocycles. The summed E-state index contributed by atoms with van der Waals surface area (Å²) in [5.74, 6) is -0.401. The van der Waals surface area contributed by atoms with Gasteiger partial charge in [0.05, 0.1) is 26.2 Å². The van der Waals surface area contributed by atoms with Crippen LogP contribution in [0.1, 0.15) is 16.8 Å². The highest BCUT2D eigenvalue weighted by atomic mass is 16.5. The van der Waals surface area contributed by atoms with Crippen molar-refractivity contribution in [1.29, 1.82) is 0 Å².